The van der Waals surface area contributed by atoms with E-state index >= 15 is 0 Å². The Labute approximate surface area is 141 Å². The summed E-state index contributed by atoms with van der Waals surface area (Å²) in [6.07, 6.45) is -2.19. The van der Waals surface area contributed by atoms with Gasteiger partial charge in [-0.3, -0.25) is 19.1 Å². The summed E-state index contributed by atoms with van der Waals surface area (Å²) in [4.78, 5) is 36.8. The number of nitrogens with one attached hydrogen (secondary N) is 1. The molecule has 5 atom stereocenters. The number of ether oxygens (including phenoxy) is 3. The average molecular weight is 356 g/mol. The summed E-state index contributed by atoms with van der Waals surface area (Å²) >= 11 is 0. The molecule has 2 aliphatic rings. The van der Waals surface area contributed by atoms with E-state index in [4.69, 9.17) is 14.2 Å². The van der Waals surface area contributed by atoms with Gasteiger partial charge in [-0.2, -0.15) is 0 Å². The number of aromatic amines is 1. The molecule has 25 heavy (non-hydrogen) atoms. The lowest BCUT2D eigenvalue weighted by atomic mass is 9.89. The van der Waals surface area contributed by atoms with E-state index in [9.17, 15) is 24.6 Å². The number of hydrogen-bond acceptors (Lipinski definition) is 8. The predicted molar refractivity (Wildman–Crippen MR) is 81.9 cm³/mol. The largest absolute Gasteiger partial charge is 0.463 e. The molecule has 1 aromatic heterocycles. The Hall–Kier alpha value is -2.01. The highest BCUT2D eigenvalue weighted by Gasteiger charge is 2.62. The highest BCUT2D eigenvalue weighted by atomic mass is 16.6. The summed E-state index contributed by atoms with van der Waals surface area (Å²) in [6.45, 7) is 2.25. The molecule has 10 nitrogen and oxygen atoms in total. The van der Waals surface area contributed by atoms with Crippen molar-refractivity contribution in [3.8, 4) is 0 Å². The number of H-pyrrole nitrogens is 1. The number of carbonyl (C=O) groups excluding carboxylic acids is 1. The van der Waals surface area contributed by atoms with E-state index in [0.717, 1.165) is 4.57 Å². The fourth-order valence-corrected chi connectivity index (χ4v) is 3.34. The van der Waals surface area contributed by atoms with Crippen LogP contribution in [0.3, 0.4) is 0 Å². The summed E-state index contributed by atoms with van der Waals surface area (Å²) in [6, 6.07) is 0. The van der Waals surface area contributed by atoms with E-state index in [2.05, 4.69) is 4.98 Å². The topological polar surface area (TPSA) is 140 Å². The third kappa shape index (κ3) is 3.01. The van der Waals surface area contributed by atoms with E-state index in [0.29, 0.717) is 0 Å². The van der Waals surface area contributed by atoms with Crippen LogP contribution < -0.4 is 11.2 Å². The van der Waals surface area contributed by atoms with E-state index in [-0.39, 0.29) is 18.6 Å². The van der Waals surface area contributed by atoms with Crippen molar-refractivity contribution >= 4 is 5.97 Å². The van der Waals surface area contributed by atoms with Crippen molar-refractivity contribution in [2.45, 2.75) is 50.4 Å². The van der Waals surface area contributed by atoms with Crippen LogP contribution >= 0.6 is 0 Å². The molecule has 0 radical (unpaired) electrons. The Morgan fingerprint density at radius 3 is 2.84 bits per heavy atom. The Bertz CT molecular complexity index is 786. The van der Waals surface area contributed by atoms with Crippen molar-refractivity contribution in [2.75, 3.05) is 13.2 Å². The maximum atomic E-state index is 12.1. The first-order chi connectivity index (χ1) is 11.8. The number of aliphatic hydroxyl groups excluding tert-OH is 1. The van der Waals surface area contributed by atoms with Gasteiger partial charge < -0.3 is 24.4 Å². The minimum Gasteiger partial charge on any atom is -0.463 e. The number of aliphatic hydroxyl groups is 2. The van der Waals surface area contributed by atoms with Crippen LogP contribution in [0.1, 0.15) is 25.1 Å². The Kier molecular flexibility index (Phi) is 4.54. The van der Waals surface area contributed by atoms with Gasteiger partial charge in [0.1, 0.15) is 24.4 Å². The number of esters is 1. The van der Waals surface area contributed by atoms with Crippen molar-refractivity contribution in [3.05, 3.63) is 32.6 Å². The van der Waals surface area contributed by atoms with Gasteiger partial charge in [0.2, 0.25) is 0 Å². The lowest BCUT2D eigenvalue weighted by molar-refractivity contribution is -0.147. The first-order valence-corrected chi connectivity index (χ1v) is 7.86. The zero-order valence-corrected chi connectivity index (χ0v) is 13.8. The number of rotatable bonds is 4. The first kappa shape index (κ1) is 17.8. The molecule has 0 unspecified atom stereocenters. The fourth-order valence-electron chi connectivity index (χ4n) is 3.34. The highest BCUT2D eigenvalue weighted by Crippen LogP contribution is 2.46. The number of aryl methyl sites for hydroxylation is 1. The van der Waals surface area contributed by atoms with Crippen molar-refractivity contribution < 1.29 is 29.2 Å². The van der Waals surface area contributed by atoms with Gasteiger partial charge in [-0.15, -0.1) is 0 Å². The molecule has 0 aromatic carbocycles. The first-order valence-electron chi connectivity index (χ1n) is 7.86. The second-order valence-corrected chi connectivity index (χ2v) is 6.35. The van der Waals surface area contributed by atoms with Crippen molar-refractivity contribution in [3.63, 3.8) is 0 Å². The third-order valence-corrected chi connectivity index (χ3v) is 4.56. The van der Waals surface area contributed by atoms with E-state index < -0.39 is 54.0 Å². The van der Waals surface area contributed by atoms with Gasteiger partial charge >= 0.3 is 11.7 Å². The summed E-state index contributed by atoms with van der Waals surface area (Å²) in [5, 5.41) is 20.5. The molecular formula is C15H20N2O8. The lowest BCUT2D eigenvalue weighted by Gasteiger charge is -2.24. The molecule has 3 rings (SSSR count). The molecule has 2 fully saturated rings. The number of nitrogens with zero attached hydrogens (tertiary/aromatic N) is 1. The summed E-state index contributed by atoms with van der Waals surface area (Å²) in [5.41, 5.74) is -2.50. The van der Waals surface area contributed by atoms with Crippen molar-refractivity contribution in [2.24, 2.45) is 0 Å². The molecule has 3 heterocycles. The molecule has 2 aliphatic heterocycles. The van der Waals surface area contributed by atoms with Gasteiger partial charge in [0.05, 0.1) is 12.7 Å². The van der Waals surface area contributed by atoms with Crippen LogP contribution in [-0.2, 0) is 19.0 Å². The Morgan fingerprint density at radius 1 is 1.48 bits per heavy atom. The second kappa shape index (κ2) is 6.37. The minimum atomic E-state index is -1.55. The molecular weight excluding hydrogens is 336 g/mol. The molecule has 0 aliphatic carbocycles. The second-order valence-electron chi connectivity index (χ2n) is 6.35. The van der Waals surface area contributed by atoms with Gasteiger partial charge in [-0.05, 0) is 6.92 Å². The maximum Gasteiger partial charge on any atom is 0.330 e. The van der Waals surface area contributed by atoms with Gasteiger partial charge in [-0.1, -0.05) is 0 Å². The van der Waals surface area contributed by atoms with Crippen LogP contribution in [0.5, 0.6) is 0 Å². The predicted octanol–water partition coefficient (Wildman–Crippen LogP) is -1.81. The fraction of sp³-hybridized carbons (Fsp3) is 0.667. The zero-order valence-electron chi connectivity index (χ0n) is 13.8. The smallest absolute Gasteiger partial charge is 0.330 e. The minimum absolute atomic E-state index is 0.0570. The Morgan fingerprint density at radius 2 is 2.20 bits per heavy atom. The molecule has 3 N–H and O–H groups in total. The molecule has 0 spiro atoms. The summed E-state index contributed by atoms with van der Waals surface area (Å²) < 4.78 is 17.4. The van der Waals surface area contributed by atoms with Crippen LogP contribution in [0.25, 0.3) is 0 Å². The van der Waals surface area contributed by atoms with Crippen LogP contribution in [0, 0.1) is 6.92 Å². The molecule has 10 heteroatoms. The molecule has 0 bridgehead atoms. The normalized spacial score (nSPS) is 34.1. The van der Waals surface area contributed by atoms with E-state index in [1.54, 1.807) is 0 Å². The monoisotopic (exact) mass is 356 g/mol. The van der Waals surface area contributed by atoms with Crippen molar-refractivity contribution in [1.29, 1.82) is 0 Å². The standard InChI is InChI=1S/C15H20N2O8/c1-7-4-17(14(21)16-12(7)20)13-11-15(22,10(5-18)25-13)3-9(24-11)6-23-8(2)19/h4,9-11,13,18,22H,3,5-6H2,1-2H3,(H,16,20,21)/t9-,10+,11+,13+,15+/m0/s1. The van der Waals surface area contributed by atoms with Gasteiger partial charge in [-0.25, -0.2) is 4.79 Å². The van der Waals surface area contributed by atoms with E-state index in [1.807, 2.05) is 0 Å². The quantitative estimate of drug-likeness (QED) is 0.536. The average Bonchev–Trinajstić information content (AvgIpc) is 3.00. The molecule has 2 saturated heterocycles. The van der Waals surface area contributed by atoms with Gasteiger partial charge in [0, 0.05) is 25.1 Å². The van der Waals surface area contributed by atoms with Crippen LogP contribution in [0.4, 0.5) is 0 Å². The molecule has 0 saturated carbocycles. The summed E-state index contributed by atoms with van der Waals surface area (Å²) in [7, 11) is 0. The maximum absolute atomic E-state index is 12.1. The number of aromatic nitrogens is 2. The van der Waals surface area contributed by atoms with Crippen LogP contribution in [0.2, 0.25) is 0 Å². The summed E-state index contributed by atoms with van der Waals surface area (Å²) in [5.74, 6) is -0.480. The van der Waals surface area contributed by atoms with Crippen LogP contribution in [-0.4, -0.2) is 62.9 Å². The molecule has 0 amide bonds. The van der Waals surface area contributed by atoms with Gasteiger partial charge in [0.15, 0.2) is 6.23 Å². The molecule has 1 aromatic rings. The SMILES string of the molecule is CC(=O)OC[C@@H]1C[C@]2(O)[C@H](O1)[C@H](n1cc(C)c(=O)[nH]c1=O)O[C@@H]2CO. The number of carbonyl (C=O) groups is 1. The Balaban J connectivity index is 1.92. The lowest BCUT2D eigenvalue weighted by Crippen LogP contribution is -2.46. The third-order valence-electron chi connectivity index (χ3n) is 4.56. The van der Waals surface area contributed by atoms with Crippen LogP contribution in [0.15, 0.2) is 15.8 Å². The molecule has 138 valence electrons. The van der Waals surface area contributed by atoms with E-state index in [1.165, 1.54) is 20.0 Å². The number of hydrogen-bond donors (Lipinski definition) is 3. The number of fused-ring (bicyclic) bond motifs is 1. The van der Waals surface area contributed by atoms with Gasteiger partial charge in [0.25, 0.3) is 5.56 Å². The zero-order chi connectivity index (χ0) is 18.4. The highest BCUT2D eigenvalue weighted by molar-refractivity contribution is 5.65. The van der Waals surface area contributed by atoms with Crippen molar-refractivity contribution in [1.82, 2.24) is 9.55 Å².